The smallest absolute Gasteiger partial charge is 0.292 e. The second-order valence-corrected chi connectivity index (χ2v) is 5.90. The molecule has 3 rings (SSSR count). The van der Waals surface area contributed by atoms with E-state index in [9.17, 15) is 10.1 Å². The third-order valence-electron chi connectivity index (χ3n) is 4.36. The van der Waals surface area contributed by atoms with E-state index in [0.29, 0.717) is 17.4 Å². The zero-order valence-corrected chi connectivity index (χ0v) is 12.2. The van der Waals surface area contributed by atoms with Crippen LogP contribution in [0.2, 0.25) is 0 Å². The third-order valence-corrected chi connectivity index (χ3v) is 4.36. The Hall–Kier alpha value is -1.82. The number of anilines is 1. The van der Waals surface area contributed by atoms with E-state index in [1.54, 1.807) is 19.2 Å². The molecule has 1 aliphatic heterocycles. The molecule has 1 aliphatic carbocycles. The standard InChI is InChI=1S/C15H21N3O3/c1-21-13-4-5-15(18(19)20)14(8-13)16-9-11-6-7-17(10-11)12-2-3-12/h4-5,8,11-12,16H,2-3,6-7,9-10H2,1H3. The molecule has 2 aliphatic rings. The second-order valence-electron chi connectivity index (χ2n) is 5.90. The Morgan fingerprint density at radius 2 is 2.24 bits per heavy atom. The molecule has 0 spiro atoms. The number of methoxy groups -OCH3 is 1. The van der Waals surface area contributed by atoms with Crippen LogP contribution in [0.4, 0.5) is 11.4 Å². The van der Waals surface area contributed by atoms with Crippen LogP contribution in [-0.4, -0.2) is 42.6 Å². The van der Waals surface area contributed by atoms with E-state index in [0.717, 1.165) is 25.7 Å². The number of nitrogens with zero attached hydrogens (tertiary/aromatic N) is 2. The molecule has 1 N–H and O–H groups in total. The van der Waals surface area contributed by atoms with Crippen molar-refractivity contribution in [1.29, 1.82) is 0 Å². The first-order valence-electron chi connectivity index (χ1n) is 7.47. The number of likely N-dealkylation sites (tertiary alicyclic amines) is 1. The lowest BCUT2D eigenvalue weighted by atomic mass is 10.1. The Balaban J connectivity index is 1.62. The second kappa shape index (κ2) is 5.89. The molecular weight excluding hydrogens is 270 g/mol. The quantitative estimate of drug-likeness (QED) is 0.644. The Morgan fingerprint density at radius 1 is 1.43 bits per heavy atom. The van der Waals surface area contributed by atoms with Gasteiger partial charge in [-0.3, -0.25) is 10.1 Å². The molecule has 1 aromatic rings. The minimum absolute atomic E-state index is 0.104. The van der Waals surface area contributed by atoms with Crippen LogP contribution in [0.1, 0.15) is 19.3 Å². The molecule has 1 unspecified atom stereocenters. The van der Waals surface area contributed by atoms with Gasteiger partial charge in [0.15, 0.2) is 0 Å². The van der Waals surface area contributed by atoms with E-state index in [4.69, 9.17) is 4.74 Å². The van der Waals surface area contributed by atoms with Gasteiger partial charge >= 0.3 is 0 Å². The summed E-state index contributed by atoms with van der Waals surface area (Å²) in [5, 5.41) is 14.3. The molecule has 0 aromatic heterocycles. The summed E-state index contributed by atoms with van der Waals surface area (Å²) in [7, 11) is 1.56. The van der Waals surface area contributed by atoms with Crippen LogP contribution in [0.25, 0.3) is 0 Å². The lowest BCUT2D eigenvalue weighted by molar-refractivity contribution is -0.384. The van der Waals surface area contributed by atoms with Crippen molar-refractivity contribution in [1.82, 2.24) is 4.90 Å². The van der Waals surface area contributed by atoms with Gasteiger partial charge in [0.05, 0.1) is 12.0 Å². The molecule has 6 heteroatoms. The van der Waals surface area contributed by atoms with Crippen molar-refractivity contribution in [3.8, 4) is 5.75 Å². The number of ether oxygens (including phenoxy) is 1. The van der Waals surface area contributed by atoms with Crippen molar-refractivity contribution in [2.75, 3.05) is 32.1 Å². The summed E-state index contributed by atoms with van der Waals surface area (Å²) in [4.78, 5) is 13.3. The largest absolute Gasteiger partial charge is 0.497 e. The topological polar surface area (TPSA) is 67.6 Å². The number of hydrogen-bond acceptors (Lipinski definition) is 5. The highest BCUT2D eigenvalue weighted by molar-refractivity contribution is 5.64. The van der Waals surface area contributed by atoms with Gasteiger partial charge in [-0.15, -0.1) is 0 Å². The van der Waals surface area contributed by atoms with Crippen molar-refractivity contribution in [2.24, 2.45) is 5.92 Å². The number of rotatable bonds is 6. The Morgan fingerprint density at radius 3 is 2.90 bits per heavy atom. The highest BCUT2D eigenvalue weighted by Gasteiger charge is 2.34. The van der Waals surface area contributed by atoms with Crippen molar-refractivity contribution >= 4 is 11.4 Å². The number of hydrogen-bond donors (Lipinski definition) is 1. The molecule has 0 bridgehead atoms. The first kappa shape index (κ1) is 14.1. The van der Waals surface area contributed by atoms with Gasteiger partial charge in [-0.2, -0.15) is 0 Å². The van der Waals surface area contributed by atoms with Crippen molar-refractivity contribution in [3.05, 3.63) is 28.3 Å². The van der Waals surface area contributed by atoms with E-state index >= 15 is 0 Å². The monoisotopic (exact) mass is 291 g/mol. The summed E-state index contributed by atoms with van der Waals surface area (Å²) in [5.41, 5.74) is 0.650. The SMILES string of the molecule is COc1ccc([N+](=O)[O-])c(NCC2CCN(C3CC3)C2)c1. The summed E-state index contributed by atoms with van der Waals surface area (Å²) in [6.45, 7) is 3.05. The molecule has 114 valence electrons. The van der Waals surface area contributed by atoms with E-state index < -0.39 is 0 Å². The van der Waals surface area contributed by atoms with E-state index in [1.807, 2.05) is 0 Å². The molecule has 1 saturated carbocycles. The van der Waals surface area contributed by atoms with Gasteiger partial charge in [0.1, 0.15) is 11.4 Å². The first-order valence-corrected chi connectivity index (χ1v) is 7.47. The predicted octanol–water partition coefficient (Wildman–Crippen LogP) is 2.50. The maximum Gasteiger partial charge on any atom is 0.292 e. The Bertz CT molecular complexity index is 531. The van der Waals surface area contributed by atoms with Crippen LogP contribution in [0, 0.1) is 16.0 Å². The summed E-state index contributed by atoms with van der Waals surface area (Å²) in [6.07, 6.45) is 3.84. The fourth-order valence-corrected chi connectivity index (χ4v) is 3.00. The highest BCUT2D eigenvalue weighted by atomic mass is 16.6. The first-order chi connectivity index (χ1) is 10.2. The van der Waals surface area contributed by atoms with Crippen LogP contribution in [0.15, 0.2) is 18.2 Å². The fourth-order valence-electron chi connectivity index (χ4n) is 3.00. The average molecular weight is 291 g/mol. The van der Waals surface area contributed by atoms with Gasteiger partial charge < -0.3 is 15.0 Å². The lowest BCUT2D eigenvalue weighted by Crippen LogP contribution is -2.24. The Kier molecular flexibility index (Phi) is 3.96. The molecule has 1 atom stereocenters. The molecule has 1 heterocycles. The normalized spacial score (nSPS) is 22.2. The third kappa shape index (κ3) is 3.26. The van der Waals surface area contributed by atoms with Gasteiger partial charge in [-0.1, -0.05) is 0 Å². The van der Waals surface area contributed by atoms with Gasteiger partial charge in [-0.05, 0) is 37.8 Å². The van der Waals surface area contributed by atoms with Crippen molar-refractivity contribution in [2.45, 2.75) is 25.3 Å². The highest BCUT2D eigenvalue weighted by Crippen LogP contribution is 2.33. The zero-order valence-electron chi connectivity index (χ0n) is 12.2. The fraction of sp³-hybridized carbons (Fsp3) is 0.600. The molecule has 0 amide bonds. The summed E-state index contributed by atoms with van der Waals surface area (Å²) in [6, 6.07) is 5.62. The molecule has 2 fully saturated rings. The summed E-state index contributed by atoms with van der Waals surface area (Å²) < 4.78 is 5.15. The molecule has 0 radical (unpaired) electrons. The Labute approximate surface area is 124 Å². The lowest BCUT2D eigenvalue weighted by Gasteiger charge is -2.16. The number of benzene rings is 1. The number of nitro groups is 1. The van der Waals surface area contributed by atoms with E-state index in [2.05, 4.69) is 10.2 Å². The minimum Gasteiger partial charge on any atom is -0.497 e. The molecule has 6 nitrogen and oxygen atoms in total. The number of nitrogens with one attached hydrogen (secondary N) is 1. The van der Waals surface area contributed by atoms with E-state index in [1.165, 1.54) is 25.3 Å². The van der Waals surface area contributed by atoms with Crippen LogP contribution in [0.5, 0.6) is 5.75 Å². The molecular formula is C15H21N3O3. The van der Waals surface area contributed by atoms with Crippen molar-refractivity contribution in [3.63, 3.8) is 0 Å². The maximum absolute atomic E-state index is 11.1. The van der Waals surface area contributed by atoms with Gasteiger partial charge in [0.2, 0.25) is 0 Å². The maximum atomic E-state index is 11.1. The van der Waals surface area contributed by atoms with E-state index in [-0.39, 0.29) is 10.6 Å². The molecule has 21 heavy (non-hydrogen) atoms. The zero-order chi connectivity index (χ0) is 14.8. The van der Waals surface area contributed by atoms with Gasteiger partial charge in [0.25, 0.3) is 5.69 Å². The van der Waals surface area contributed by atoms with Gasteiger partial charge in [0, 0.05) is 31.3 Å². The minimum atomic E-state index is -0.354. The average Bonchev–Trinajstić information content (AvgIpc) is 3.23. The molecule has 1 saturated heterocycles. The van der Waals surface area contributed by atoms with Crippen LogP contribution in [0.3, 0.4) is 0 Å². The summed E-state index contributed by atoms with van der Waals surface area (Å²) in [5.74, 6) is 1.20. The molecule has 1 aromatic carbocycles. The van der Waals surface area contributed by atoms with Crippen LogP contribution >= 0.6 is 0 Å². The van der Waals surface area contributed by atoms with Gasteiger partial charge in [-0.25, -0.2) is 0 Å². The number of nitro benzene ring substituents is 1. The predicted molar refractivity (Wildman–Crippen MR) is 80.8 cm³/mol. The summed E-state index contributed by atoms with van der Waals surface area (Å²) >= 11 is 0. The van der Waals surface area contributed by atoms with Crippen LogP contribution < -0.4 is 10.1 Å². The van der Waals surface area contributed by atoms with Crippen LogP contribution in [-0.2, 0) is 0 Å². The van der Waals surface area contributed by atoms with Crippen molar-refractivity contribution < 1.29 is 9.66 Å².